The van der Waals surface area contributed by atoms with Crippen LogP contribution >= 0.6 is 0 Å². The van der Waals surface area contributed by atoms with E-state index in [0.29, 0.717) is 24.8 Å². The molecule has 1 aromatic carbocycles. The van der Waals surface area contributed by atoms with E-state index in [0.717, 1.165) is 12.0 Å². The van der Waals surface area contributed by atoms with Crippen LogP contribution in [0, 0.1) is 5.92 Å². The van der Waals surface area contributed by atoms with Crippen molar-refractivity contribution in [1.82, 2.24) is 4.72 Å². The van der Waals surface area contributed by atoms with E-state index in [2.05, 4.69) is 4.72 Å². The highest BCUT2D eigenvalue weighted by molar-refractivity contribution is 7.89. The molecular formula is C13H22N2O3S. The fourth-order valence-electron chi connectivity index (χ4n) is 1.54. The zero-order valence-corrected chi connectivity index (χ0v) is 12.5. The summed E-state index contributed by atoms with van der Waals surface area (Å²) in [4.78, 5) is 0.149. The first-order valence-electron chi connectivity index (χ1n) is 6.31. The Hall–Kier alpha value is -1.11. The monoisotopic (exact) mass is 286 g/mol. The van der Waals surface area contributed by atoms with Crippen molar-refractivity contribution >= 4 is 10.0 Å². The number of nitrogens with two attached hydrogens (primary N) is 1. The summed E-state index contributed by atoms with van der Waals surface area (Å²) in [6.45, 7) is 4.78. The van der Waals surface area contributed by atoms with Crippen LogP contribution in [0.1, 0.15) is 25.8 Å². The minimum absolute atomic E-state index is 0.149. The van der Waals surface area contributed by atoms with Crippen molar-refractivity contribution in [3.8, 4) is 5.75 Å². The lowest BCUT2D eigenvalue weighted by atomic mass is 10.1. The van der Waals surface area contributed by atoms with E-state index in [1.54, 1.807) is 12.1 Å². The highest BCUT2D eigenvalue weighted by Crippen LogP contribution is 2.24. The molecule has 6 heteroatoms. The van der Waals surface area contributed by atoms with Crippen LogP contribution in [-0.2, 0) is 16.6 Å². The zero-order valence-electron chi connectivity index (χ0n) is 11.6. The van der Waals surface area contributed by atoms with E-state index < -0.39 is 10.0 Å². The van der Waals surface area contributed by atoms with Crippen molar-refractivity contribution in [1.29, 1.82) is 0 Å². The van der Waals surface area contributed by atoms with Crippen LogP contribution in [-0.4, -0.2) is 22.1 Å². The van der Waals surface area contributed by atoms with Gasteiger partial charge in [-0.05, 0) is 23.6 Å². The molecule has 0 amide bonds. The summed E-state index contributed by atoms with van der Waals surface area (Å²) in [6, 6.07) is 4.87. The van der Waals surface area contributed by atoms with Gasteiger partial charge >= 0.3 is 0 Å². The fourth-order valence-corrected chi connectivity index (χ4v) is 2.85. The number of nitrogens with one attached hydrogen (secondary N) is 1. The Balaban J connectivity index is 3.00. The Morgan fingerprint density at radius 1 is 1.42 bits per heavy atom. The summed E-state index contributed by atoms with van der Waals surface area (Å²) in [6.07, 6.45) is 0.922. The Bertz CT molecular complexity index is 515. The molecule has 108 valence electrons. The number of methoxy groups -OCH3 is 1. The largest absolute Gasteiger partial charge is 0.495 e. The molecule has 1 unspecified atom stereocenters. The quantitative estimate of drug-likeness (QED) is 0.795. The second-order valence-corrected chi connectivity index (χ2v) is 6.29. The average Bonchev–Trinajstić information content (AvgIpc) is 2.43. The molecule has 0 aliphatic heterocycles. The molecule has 0 saturated heterocycles. The highest BCUT2D eigenvalue weighted by atomic mass is 32.2. The van der Waals surface area contributed by atoms with Gasteiger partial charge in [0.2, 0.25) is 10.0 Å². The van der Waals surface area contributed by atoms with E-state index in [1.165, 1.54) is 13.2 Å². The minimum atomic E-state index is -3.55. The number of rotatable bonds is 7. The van der Waals surface area contributed by atoms with Gasteiger partial charge in [-0.3, -0.25) is 0 Å². The predicted molar refractivity (Wildman–Crippen MR) is 75.5 cm³/mol. The standard InChI is InChI=1S/C13H22N2O3S/c1-4-10(2)9-15-19(16,17)13-6-5-11(8-14)7-12(13)18-3/h5-7,10,15H,4,8-9,14H2,1-3H3. The van der Waals surface area contributed by atoms with Crippen LogP contribution in [0.4, 0.5) is 0 Å². The van der Waals surface area contributed by atoms with Gasteiger partial charge in [0, 0.05) is 13.1 Å². The molecule has 5 nitrogen and oxygen atoms in total. The van der Waals surface area contributed by atoms with Gasteiger partial charge in [0.05, 0.1) is 7.11 Å². The van der Waals surface area contributed by atoms with Crippen LogP contribution in [0.3, 0.4) is 0 Å². The Morgan fingerprint density at radius 2 is 2.11 bits per heavy atom. The molecule has 1 aromatic rings. The van der Waals surface area contributed by atoms with Crippen molar-refractivity contribution in [2.75, 3.05) is 13.7 Å². The van der Waals surface area contributed by atoms with Gasteiger partial charge in [0.1, 0.15) is 10.6 Å². The van der Waals surface area contributed by atoms with Crippen molar-refractivity contribution in [3.05, 3.63) is 23.8 Å². The first-order chi connectivity index (χ1) is 8.94. The molecule has 0 bridgehead atoms. The Morgan fingerprint density at radius 3 is 2.63 bits per heavy atom. The number of hydrogen-bond donors (Lipinski definition) is 2. The molecule has 0 heterocycles. The van der Waals surface area contributed by atoms with E-state index in [4.69, 9.17) is 10.5 Å². The molecule has 0 saturated carbocycles. The van der Waals surface area contributed by atoms with Crippen LogP contribution in [0.15, 0.2) is 23.1 Å². The first kappa shape index (κ1) is 15.9. The van der Waals surface area contributed by atoms with Crippen LogP contribution in [0.2, 0.25) is 0 Å². The maximum Gasteiger partial charge on any atom is 0.244 e. The molecule has 3 N–H and O–H groups in total. The number of ether oxygens (including phenoxy) is 1. The summed E-state index contributed by atoms with van der Waals surface area (Å²) in [5.74, 6) is 0.615. The van der Waals surface area contributed by atoms with Gasteiger partial charge in [-0.25, -0.2) is 13.1 Å². The van der Waals surface area contributed by atoms with Gasteiger partial charge < -0.3 is 10.5 Å². The highest BCUT2D eigenvalue weighted by Gasteiger charge is 2.19. The topological polar surface area (TPSA) is 81.4 Å². The molecule has 0 aliphatic rings. The third-order valence-corrected chi connectivity index (χ3v) is 4.53. The second kappa shape index (κ2) is 6.88. The molecule has 1 rings (SSSR count). The zero-order chi connectivity index (χ0) is 14.5. The lowest BCUT2D eigenvalue weighted by molar-refractivity contribution is 0.401. The summed E-state index contributed by atoms with van der Waals surface area (Å²) < 4.78 is 32.2. The molecule has 0 spiro atoms. The third kappa shape index (κ3) is 4.19. The summed E-state index contributed by atoms with van der Waals surface area (Å²) in [5, 5.41) is 0. The SMILES string of the molecule is CCC(C)CNS(=O)(=O)c1ccc(CN)cc1OC. The molecule has 0 fully saturated rings. The Labute approximate surface area is 115 Å². The molecule has 0 aromatic heterocycles. The first-order valence-corrected chi connectivity index (χ1v) is 7.79. The summed E-state index contributed by atoms with van der Waals surface area (Å²) >= 11 is 0. The fraction of sp³-hybridized carbons (Fsp3) is 0.538. The lowest BCUT2D eigenvalue weighted by Gasteiger charge is -2.14. The second-order valence-electron chi connectivity index (χ2n) is 4.55. The predicted octanol–water partition coefficient (Wildman–Crippen LogP) is 1.48. The van der Waals surface area contributed by atoms with Crippen LogP contribution < -0.4 is 15.2 Å². The Kier molecular flexibility index (Phi) is 5.78. The van der Waals surface area contributed by atoms with Gasteiger partial charge in [-0.1, -0.05) is 26.3 Å². The van der Waals surface area contributed by atoms with Crippen molar-refractivity contribution in [2.24, 2.45) is 11.7 Å². The van der Waals surface area contributed by atoms with Crippen molar-refractivity contribution < 1.29 is 13.2 Å². The number of hydrogen-bond acceptors (Lipinski definition) is 4. The van der Waals surface area contributed by atoms with Gasteiger partial charge in [-0.15, -0.1) is 0 Å². The molecule has 0 aliphatic carbocycles. The number of sulfonamides is 1. The third-order valence-electron chi connectivity index (χ3n) is 3.07. The average molecular weight is 286 g/mol. The summed E-state index contributed by atoms with van der Waals surface area (Å²) in [7, 11) is -2.10. The number of benzene rings is 1. The van der Waals surface area contributed by atoms with E-state index in [9.17, 15) is 8.42 Å². The van der Waals surface area contributed by atoms with Crippen molar-refractivity contribution in [2.45, 2.75) is 31.7 Å². The van der Waals surface area contributed by atoms with Gasteiger partial charge in [-0.2, -0.15) is 0 Å². The normalized spacial score (nSPS) is 13.3. The van der Waals surface area contributed by atoms with Gasteiger partial charge in [0.15, 0.2) is 0 Å². The van der Waals surface area contributed by atoms with Gasteiger partial charge in [0.25, 0.3) is 0 Å². The van der Waals surface area contributed by atoms with Crippen LogP contribution in [0.5, 0.6) is 5.75 Å². The summed E-state index contributed by atoms with van der Waals surface area (Å²) in [5.41, 5.74) is 6.36. The molecule has 0 radical (unpaired) electrons. The molecule has 1 atom stereocenters. The lowest BCUT2D eigenvalue weighted by Crippen LogP contribution is -2.28. The maximum absolute atomic E-state index is 12.2. The maximum atomic E-state index is 12.2. The molecule has 19 heavy (non-hydrogen) atoms. The van der Waals surface area contributed by atoms with E-state index in [1.807, 2.05) is 13.8 Å². The van der Waals surface area contributed by atoms with E-state index in [-0.39, 0.29) is 4.90 Å². The molecular weight excluding hydrogens is 264 g/mol. The minimum Gasteiger partial charge on any atom is -0.495 e. The van der Waals surface area contributed by atoms with Crippen molar-refractivity contribution in [3.63, 3.8) is 0 Å². The van der Waals surface area contributed by atoms with E-state index >= 15 is 0 Å². The van der Waals surface area contributed by atoms with Crippen LogP contribution in [0.25, 0.3) is 0 Å². The smallest absolute Gasteiger partial charge is 0.244 e.